The van der Waals surface area contributed by atoms with Crippen LogP contribution >= 0.6 is 23.2 Å². The fourth-order valence-corrected chi connectivity index (χ4v) is 3.21. The van der Waals surface area contributed by atoms with Crippen LogP contribution in [-0.2, 0) is 6.42 Å². The van der Waals surface area contributed by atoms with Gasteiger partial charge in [0.25, 0.3) is 0 Å². The van der Waals surface area contributed by atoms with Crippen LogP contribution in [0.15, 0.2) is 18.2 Å². The summed E-state index contributed by atoms with van der Waals surface area (Å²) in [7, 11) is 0. The summed E-state index contributed by atoms with van der Waals surface area (Å²) >= 11 is 12.1. The third-order valence-corrected chi connectivity index (χ3v) is 4.74. The lowest BCUT2D eigenvalue weighted by Gasteiger charge is -2.36. The van der Waals surface area contributed by atoms with E-state index < -0.39 is 5.60 Å². The first-order chi connectivity index (χ1) is 8.52. The zero-order valence-corrected chi connectivity index (χ0v) is 12.3. The van der Waals surface area contributed by atoms with Gasteiger partial charge in [0.2, 0.25) is 0 Å². The molecule has 0 saturated heterocycles. The molecule has 3 heteroatoms. The van der Waals surface area contributed by atoms with Crippen molar-refractivity contribution in [1.29, 1.82) is 0 Å². The highest BCUT2D eigenvalue weighted by Gasteiger charge is 2.33. The Morgan fingerprint density at radius 2 is 1.94 bits per heavy atom. The fraction of sp³-hybridized carbons (Fsp3) is 0.600. The van der Waals surface area contributed by atoms with Crippen LogP contribution < -0.4 is 0 Å². The minimum absolute atomic E-state index is 0.597. The van der Waals surface area contributed by atoms with Gasteiger partial charge in [0, 0.05) is 16.5 Å². The molecule has 2 rings (SSSR count). The molecular weight excluding hydrogens is 267 g/mol. The molecule has 18 heavy (non-hydrogen) atoms. The van der Waals surface area contributed by atoms with Crippen molar-refractivity contribution >= 4 is 23.2 Å². The molecule has 0 aromatic heterocycles. The molecule has 1 aliphatic rings. The lowest BCUT2D eigenvalue weighted by Crippen LogP contribution is -2.36. The number of hydrogen-bond donors (Lipinski definition) is 1. The summed E-state index contributed by atoms with van der Waals surface area (Å²) in [5.74, 6) is 0.778. The number of aliphatic hydroxyl groups is 1. The van der Waals surface area contributed by atoms with Crippen LogP contribution in [-0.4, -0.2) is 10.7 Å². The van der Waals surface area contributed by atoms with E-state index in [0.717, 1.165) is 37.2 Å². The van der Waals surface area contributed by atoms with Gasteiger partial charge in [-0.15, -0.1) is 0 Å². The van der Waals surface area contributed by atoms with Crippen LogP contribution in [0.25, 0.3) is 0 Å². The lowest BCUT2D eigenvalue weighted by molar-refractivity contribution is -0.00920. The Hall–Kier alpha value is -0.240. The van der Waals surface area contributed by atoms with Crippen molar-refractivity contribution in [2.24, 2.45) is 5.92 Å². The molecule has 0 radical (unpaired) electrons. The molecule has 0 aliphatic heterocycles. The quantitative estimate of drug-likeness (QED) is 0.841. The zero-order valence-electron chi connectivity index (χ0n) is 10.8. The topological polar surface area (TPSA) is 20.2 Å². The number of benzene rings is 1. The summed E-state index contributed by atoms with van der Waals surface area (Å²) in [6, 6.07) is 5.46. The van der Waals surface area contributed by atoms with Gasteiger partial charge in [-0.3, -0.25) is 0 Å². The van der Waals surface area contributed by atoms with Gasteiger partial charge >= 0.3 is 0 Å². The highest BCUT2D eigenvalue weighted by Crippen LogP contribution is 2.37. The van der Waals surface area contributed by atoms with Gasteiger partial charge in [-0.25, -0.2) is 0 Å². The largest absolute Gasteiger partial charge is 0.390 e. The number of hydrogen-bond acceptors (Lipinski definition) is 1. The van der Waals surface area contributed by atoms with Gasteiger partial charge < -0.3 is 5.11 Å². The van der Waals surface area contributed by atoms with E-state index in [1.807, 2.05) is 6.07 Å². The van der Waals surface area contributed by atoms with Crippen molar-refractivity contribution in [1.82, 2.24) is 0 Å². The van der Waals surface area contributed by atoms with E-state index >= 15 is 0 Å². The molecule has 1 aromatic carbocycles. The molecule has 1 fully saturated rings. The Balaban J connectivity index is 2.06. The third-order valence-electron chi connectivity index (χ3n) is 4.14. The first-order valence-electron chi connectivity index (χ1n) is 6.69. The highest BCUT2D eigenvalue weighted by molar-refractivity contribution is 6.33. The molecule has 1 nitrogen and oxygen atoms in total. The third kappa shape index (κ3) is 3.40. The average molecular weight is 287 g/mol. The number of rotatable bonds is 3. The normalized spacial score (nSPS) is 28.3. The molecule has 0 unspecified atom stereocenters. The second kappa shape index (κ2) is 5.81. The minimum atomic E-state index is -0.597. The average Bonchev–Trinajstić information content (AvgIpc) is 2.35. The van der Waals surface area contributed by atoms with E-state index in [0.29, 0.717) is 16.5 Å². The van der Waals surface area contributed by atoms with Crippen LogP contribution in [0.1, 0.15) is 44.6 Å². The second-order valence-electron chi connectivity index (χ2n) is 5.49. The monoisotopic (exact) mass is 286 g/mol. The SMILES string of the molecule is CCC1CCC(O)(Cc2cc(Cl)ccc2Cl)CC1. The fourth-order valence-electron chi connectivity index (χ4n) is 2.83. The maximum Gasteiger partial charge on any atom is 0.0688 e. The molecule has 1 aromatic rings. The Kier molecular flexibility index (Phi) is 4.58. The smallest absolute Gasteiger partial charge is 0.0688 e. The van der Waals surface area contributed by atoms with Crippen molar-refractivity contribution in [2.45, 2.75) is 51.0 Å². The Morgan fingerprint density at radius 1 is 1.28 bits per heavy atom. The van der Waals surface area contributed by atoms with E-state index in [1.54, 1.807) is 12.1 Å². The van der Waals surface area contributed by atoms with Crippen molar-refractivity contribution in [3.8, 4) is 0 Å². The standard InChI is InChI=1S/C15H20Cl2O/c1-2-11-5-7-15(18,8-6-11)10-12-9-13(16)3-4-14(12)17/h3-4,9,11,18H,2,5-8,10H2,1H3. The predicted molar refractivity (Wildman–Crippen MR) is 77.4 cm³/mol. The summed E-state index contributed by atoms with van der Waals surface area (Å²) in [4.78, 5) is 0. The molecule has 100 valence electrons. The van der Waals surface area contributed by atoms with Gasteiger partial charge in [-0.05, 0) is 55.4 Å². The van der Waals surface area contributed by atoms with Crippen LogP contribution in [0.3, 0.4) is 0 Å². The van der Waals surface area contributed by atoms with E-state index in [-0.39, 0.29) is 0 Å². The van der Waals surface area contributed by atoms with Crippen molar-refractivity contribution in [3.63, 3.8) is 0 Å². The molecule has 0 spiro atoms. The van der Waals surface area contributed by atoms with Crippen LogP contribution in [0.5, 0.6) is 0 Å². The van der Waals surface area contributed by atoms with Crippen molar-refractivity contribution in [2.75, 3.05) is 0 Å². The minimum Gasteiger partial charge on any atom is -0.390 e. The summed E-state index contributed by atoms with van der Waals surface area (Å²) in [5.41, 5.74) is 0.363. The number of halogens is 2. The first kappa shape index (κ1) is 14.2. The molecule has 1 aliphatic carbocycles. The first-order valence-corrected chi connectivity index (χ1v) is 7.44. The Morgan fingerprint density at radius 3 is 2.56 bits per heavy atom. The molecule has 0 atom stereocenters. The van der Waals surface area contributed by atoms with Gasteiger partial charge in [0.1, 0.15) is 0 Å². The molecule has 1 N–H and O–H groups in total. The highest BCUT2D eigenvalue weighted by atomic mass is 35.5. The van der Waals surface area contributed by atoms with Gasteiger partial charge in [-0.2, -0.15) is 0 Å². The van der Waals surface area contributed by atoms with Gasteiger partial charge in [0.15, 0.2) is 0 Å². The zero-order chi connectivity index (χ0) is 13.2. The molecule has 0 heterocycles. The molecule has 1 saturated carbocycles. The maximum absolute atomic E-state index is 10.7. The van der Waals surface area contributed by atoms with Crippen LogP contribution in [0, 0.1) is 5.92 Å². The molecular formula is C15H20Cl2O. The van der Waals surface area contributed by atoms with E-state index in [9.17, 15) is 5.11 Å². The Bertz CT molecular complexity index is 409. The maximum atomic E-state index is 10.7. The van der Waals surface area contributed by atoms with Gasteiger partial charge in [-0.1, -0.05) is 36.5 Å². The van der Waals surface area contributed by atoms with Crippen molar-refractivity contribution in [3.05, 3.63) is 33.8 Å². The van der Waals surface area contributed by atoms with Crippen LogP contribution in [0.4, 0.5) is 0 Å². The van der Waals surface area contributed by atoms with Crippen LogP contribution in [0.2, 0.25) is 10.0 Å². The molecule has 0 amide bonds. The van der Waals surface area contributed by atoms with E-state index in [4.69, 9.17) is 23.2 Å². The summed E-state index contributed by atoms with van der Waals surface area (Å²) < 4.78 is 0. The Labute approximate surface area is 119 Å². The molecule has 0 bridgehead atoms. The predicted octanol–water partition coefficient (Wildman–Crippen LogP) is 4.87. The summed E-state index contributed by atoms with van der Waals surface area (Å²) in [5, 5.41) is 12.0. The second-order valence-corrected chi connectivity index (χ2v) is 6.33. The van der Waals surface area contributed by atoms with Crippen molar-refractivity contribution < 1.29 is 5.11 Å². The van der Waals surface area contributed by atoms with E-state index in [1.165, 1.54) is 6.42 Å². The summed E-state index contributed by atoms with van der Waals surface area (Å²) in [6.07, 6.45) is 5.80. The van der Waals surface area contributed by atoms with Gasteiger partial charge in [0.05, 0.1) is 5.60 Å². The van der Waals surface area contributed by atoms with E-state index in [2.05, 4.69) is 6.92 Å². The summed E-state index contributed by atoms with van der Waals surface area (Å²) in [6.45, 7) is 2.23. The lowest BCUT2D eigenvalue weighted by atomic mass is 9.75.